The topological polar surface area (TPSA) is 108 Å². The van der Waals surface area contributed by atoms with Crippen LogP contribution in [-0.4, -0.2) is 41.6 Å². The van der Waals surface area contributed by atoms with Gasteiger partial charge in [0.05, 0.1) is 5.56 Å². The predicted octanol–water partition coefficient (Wildman–Crippen LogP) is 3.77. The number of aliphatic hydroxyl groups excluding tert-OH is 1. The van der Waals surface area contributed by atoms with Gasteiger partial charge in [0.1, 0.15) is 5.00 Å². The first kappa shape index (κ1) is 21.3. The molecule has 2 heterocycles. The van der Waals surface area contributed by atoms with Crippen molar-refractivity contribution in [3.05, 3.63) is 58.5 Å². The van der Waals surface area contributed by atoms with Crippen LogP contribution in [0.15, 0.2) is 42.5 Å². The number of nitrogens with two attached hydrogens (primary N) is 1. The minimum absolute atomic E-state index is 0.199. The van der Waals surface area contributed by atoms with Crippen molar-refractivity contribution < 1.29 is 14.7 Å². The van der Waals surface area contributed by atoms with Crippen LogP contribution < -0.4 is 16.4 Å². The summed E-state index contributed by atoms with van der Waals surface area (Å²) in [6.45, 7) is 2.65. The minimum atomic E-state index is -0.521. The van der Waals surface area contributed by atoms with Crippen molar-refractivity contribution in [3.8, 4) is 0 Å². The van der Waals surface area contributed by atoms with Crippen molar-refractivity contribution in [2.24, 2.45) is 5.73 Å². The number of anilines is 2. The second kappa shape index (κ2) is 9.47. The lowest BCUT2D eigenvalue weighted by molar-refractivity contribution is 0.0999. The van der Waals surface area contributed by atoms with E-state index in [0.29, 0.717) is 16.3 Å². The van der Waals surface area contributed by atoms with Crippen LogP contribution in [0.5, 0.6) is 0 Å². The first-order chi connectivity index (χ1) is 15.0. The highest BCUT2D eigenvalue weighted by Crippen LogP contribution is 2.37. The maximum absolute atomic E-state index is 12.6. The molecule has 7 nitrogen and oxygen atoms in total. The van der Waals surface area contributed by atoms with Crippen LogP contribution >= 0.6 is 11.3 Å². The van der Waals surface area contributed by atoms with Crippen LogP contribution in [-0.2, 0) is 13.0 Å². The third-order valence-electron chi connectivity index (χ3n) is 5.50. The van der Waals surface area contributed by atoms with E-state index in [2.05, 4.69) is 15.5 Å². The quantitative estimate of drug-likeness (QED) is 0.421. The molecule has 162 valence electrons. The molecule has 8 heteroatoms. The molecule has 1 aromatic heterocycles. The smallest absolute Gasteiger partial charge is 0.324 e. The third kappa shape index (κ3) is 4.87. The Labute approximate surface area is 184 Å². The summed E-state index contributed by atoms with van der Waals surface area (Å²) in [7, 11) is 0. The van der Waals surface area contributed by atoms with Crippen molar-refractivity contribution >= 4 is 44.7 Å². The Morgan fingerprint density at radius 2 is 1.90 bits per heavy atom. The summed E-state index contributed by atoms with van der Waals surface area (Å²) < 4.78 is 0. The number of nitrogens with zero attached hydrogens (tertiary/aromatic N) is 1. The number of carbonyl (C=O) groups excluding carboxylic acids is 2. The molecule has 31 heavy (non-hydrogen) atoms. The van der Waals surface area contributed by atoms with Gasteiger partial charge in [0.25, 0.3) is 5.91 Å². The first-order valence-corrected chi connectivity index (χ1v) is 11.2. The number of unbranched alkanes of at least 4 members (excludes halogenated alkanes) is 1. The largest absolute Gasteiger partial charge is 0.396 e. The highest BCUT2D eigenvalue weighted by atomic mass is 32.1. The molecule has 1 aliphatic rings. The molecule has 0 atom stereocenters. The first-order valence-electron chi connectivity index (χ1n) is 10.4. The van der Waals surface area contributed by atoms with Crippen LogP contribution in [0.3, 0.4) is 0 Å². The SMILES string of the molecule is NC(=O)c1c(NC(=O)Nc2ccc3ccccc3c2)sc2c1CCN(CCCCO)C2. The van der Waals surface area contributed by atoms with Crippen LogP contribution in [0.4, 0.5) is 15.5 Å². The van der Waals surface area contributed by atoms with E-state index < -0.39 is 11.9 Å². The maximum atomic E-state index is 12.6. The molecule has 0 spiro atoms. The van der Waals surface area contributed by atoms with E-state index in [4.69, 9.17) is 10.8 Å². The molecule has 1 aliphatic heterocycles. The molecule has 3 amide bonds. The van der Waals surface area contributed by atoms with Gasteiger partial charge in [-0.05, 0) is 54.3 Å². The monoisotopic (exact) mass is 438 g/mol. The van der Waals surface area contributed by atoms with Gasteiger partial charge in [-0.3, -0.25) is 15.0 Å². The van der Waals surface area contributed by atoms with Gasteiger partial charge in [0.15, 0.2) is 0 Å². The summed E-state index contributed by atoms with van der Waals surface area (Å²) in [5, 5.41) is 17.3. The lowest BCUT2D eigenvalue weighted by Crippen LogP contribution is -2.31. The fraction of sp³-hybridized carbons (Fsp3) is 0.304. The van der Waals surface area contributed by atoms with Gasteiger partial charge in [-0.15, -0.1) is 11.3 Å². The summed E-state index contributed by atoms with van der Waals surface area (Å²) in [4.78, 5) is 28.2. The van der Waals surface area contributed by atoms with Crippen molar-refractivity contribution in [3.63, 3.8) is 0 Å². The number of urea groups is 1. The minimum Gasteiger partial charge on any atom is -0.396 e. The van der Waals surface area contributed by atoms with Crippen molar-refractivity contribution in [2.75, 3.05) is 30.3 Å². The second-order valence-corrected chi connectivity index (χ2v) is 8.78. The Morgan fingerprint density at radius 3 is 2.68 bits per heavy atom. The zero-order valence-electron chi connectivity index (χ0n) is 17.2. The summed E-state index contributed by atoms with van der Waals surface area (Å²) in [6, 6.07) is 13.2. The fourth-order valence-electron chi connectivity index (χ4n) is 3.98. The number of amides is 3. The van der Waals surface area contributed by atoms with Crippen LogP contribution in [0, 0.1) is 0 Å². The average Bonchev–Trinajstić information content (AvgIpc) is 3.11. The normalized spacial score (nSPS) is 13.7. The molecule has 5 N–H and O–H groups in total. The van der Waals surface area contributed by atoms with Crippen LogP contribution in [0.2, 0.25) is 0 Å². The lowest BCUT2D eigenvalue weighted by atomic mass is 10.0. The molecular weight excluding hydrogens is 412 g/mol. The lowest BCUT2D eigenvalue weighted by Gasteiger charge is -2.26. The number of fused-ring (bicyclic) bond motifs is 2. The summed E-state index contributed by atoms with van der Waals surface area (Å²) in [5.74, 6) is -0.521. The number of primary amides is 1. The Balaban J connectivity index is 1.48. The molecule has 0 unspecified atom stereocenters. The standard InChI is InChI=1S/C23H26N4O3S/c24-21(29)20-18-9-11-27(10-3-4-12-28)14-19(18)31-22(20)26-23(30)25-17-8-7-15-5-1-2-6-16(15)13-17/h1-2,5-8,13,28H,3-4,9-12,14H2,(H2,24,29)(H2,25,26,30). The summed E-state index contributed by atoms with van der Waals surface area (Å²) >= 11 is 1.41. The fourth-order valence-corrected chi connectivity index (χ4v) is 5.27. The van der Waals surface area contributed by atoms with E-state index in [0.717, 1.165) is 60.1 Å². The number of rotatable bonds is 7. The molecule has 4 rings (SSSR count). The van der Waals surface area contributed by atoms with E-state index in [1.807, 2.05) is 42.5 Å². The Hall–Kier alpha value is -2.94. The number of hydrogen-bond donors (Lipinski definition) is 4. The third-order valence-corrected chi connectivity index (χ3v) is 6.63. The number of aliphatic hydroxyl groups is 1. The van der Waals surface area contributed by atoms with Crippen LogP contribution in [0.1, 0.15) is 33.6 Å². The van der Waals surface area contributed by atoms with Gasteiger partial charge in [-0.1, -0.05) is 30.3 Å². The van der Waals surface area contributed by atoms with E-state index in [1.54, 1.807) is 0 Å². The Morgan fingerprint density at radius 1 is 1.10 bits per heavy atom. The average molecular weight is 439 g/mol. The number of benzene rings is 2. The predicted molar refractivity (Wildman–Crippen MR) is 125 cm³/mol. The Kier molecular flexibility index (Phi) is 6.50. The molecule has 0 saturated heterocycles. The van der Waals surface area contributed by atoms with Crippen molar-refractivity contribution in [2.45, 2.75) is 25.8 Å². The molecule has 0 saturated carbocycles. The van der Waals surface area contributed by atoms with Gasteiger partial charge < -0.3 is 16.2 Å². The second-order valence-electron chi connectivity index (χ2n) is 7.67. The van der Waals surface area contributed by atoms with Crippen molar-refractivity contribution in [1.82, 2.24) is 4.90 Å². The van der Waals surface area contributed by atoms with Gasteiger partial charge >= 0.3 is 6.03 Å². The number of nitrogens with one attached hydrogen (secondary N) is 2. The van der Waals surface area contributed by atoms with Gasteiger partial charge in [-0.25, -0.2) is 4.79 Å². The summed E-state index contributed by atoms with van der Waals surface area (Å²) in [5.41, 5.74) is 7.70. The zero-order chi connectivity index (χ0) is 21.8. The molecule has 0 fully saturated rings. The molecule has 0 bridgehead atoms. The molecule has 2 aromatic carbocycles. The molecule has 0 aliphatic carbocycles. The van der Waals surface area contributed by atoms with Gasteiger partial charge in [0.2, 0.25) is 0 Å². The highest BCUT2D eigenvalue weighted by Gasteiger charge is 2.27. The number of carbonyl (C=O) groups is 2. The zero-order valence-corrected chi connectivity index (χ0v) is 18.0. The van der Waals surface area contributed by atoms with E-state index >= 15 is 0 Å². The number of hydrogen-bond acceptors (Lipinski definition) is 5. The van der Waals surface area contributed by atoms with E-state index in [-0.39, 0.29) is 6.61 Å². The van der Waals surface area contributed by atoms with Gasteiger partial charge in [-0.2, -0.15) is 0 Å². The molecule has 3 aromatic rings. The van der Waals surface area contributed by atoms with E-state index in [1.165, 1.54) is 11.3 Å². The molecular formula is C23H26N4O3S. The summed E-state index contributed by atoms with van der Waals surface area (Å²) in [6.07, 6.45) is 2.43. The maximum Gasteiger partial charge on any atom is 0.324 e. The molecule has 0 radical (unpaired) electrons. The van der Waals surface area contributed by atoms with Gasteiger partial charge in [0, 0.05) is 30.3 Å². The Bertz CT molecular complexity index is 1110. The van der Waals surface area contributed by atoms with E-state index in [9.17, 15) is 9.59 Å². The van der Waals surface area contributed by atoms with Crippen LogP contribution in [0.25, 0.3) is 10.8 Å². The highest BCUT2D eigenvalue weighted by molar-refractivity contribution is 7.17. The number of thiophene rings is 1. The van der Waals surface area contributed by atoms with Crippen molar-refractivity contribution in [1.29, 1.82) is 0 Å².